The van der Waals surface area contributed by atoms with Crippen LogP contribution in [0.2, 0.25) is 0 Å². The number of hydrogen-bond donors (Lipinski definition) is 0. The van der Waals surface area contributed by atoms with E-state index in [1.54, 1.807) is 12.2 Å². The molecule has 0 bridgehead atoms. The molecule has 1 rings (SSSR count). The number of allylic oxidation sites excluding steroid dienone is 3. The molecule has 1 aromatic carbocycles. The molecule has 0 radical (unpaired) electrons. The summed E-state index contributed by atoms with van der Waals surface area (Å²) in [7, 11) is 0. The number of rotatable bonds is 6. The van der Waals surface area contributed by atoms with Gasteiger partial charge in [-0.1, -0.05) is 55.8 Å². The zero-order valence-electron chi connectivity index (χ0n) is 9.93. The molecule has 0 aliphatic heterocycles. The van der Waals surface area contributed by atoms with Gasteiger partial charge < -0.3 is 0 Å². The van der Waals surface area contributed by atoms with Gasteiger partial charge >= 0.3 is 0 Å². The van der Waals surface area contributed by atoms with Crippen LogP contribution in [0.4, 0.5) is 0 Å². The molecule has 0 unspecified atom stereocenters. The van der Waals surface area contributed by atoms with Crippen LogP contribution < -0.4 is 0 Å². The zero-order chi connectivity index (χ0) is 12.5. The van der Waals surface area contributed by atoms with Gasteiger partial charge in [0.15, 0.2) is 0 Å². The Morgan fingerprint density at radius 1 is 1.06 bits per heavy atom. The van der Waals surface area contributed by atoms with Crippen LogP contribution in [0.1, 0.15) is 25.3 Å². The second-order valence-corrected chi connectivity index (χ2v) is 3.66. The molecular weight excluding hydrogens is 212 g/mol. The summed E-state index contributed by atoms with van der Waals surface area (Å²) in [4.78, 5) is 22.8. The highest BCUT2D eigenvalue weighted by atomic mass is 16.2. The number of unbranched alkanes of at least 4 members (excludes halogenated alkanes) is 1. The highest BCUT2D eigenvalue weighted by Gasteiger charge is 2.04. The van der Waals surface area contributed by atoms with Gasteiger partial charge in [0.2, 0.25) is 11.6 Å². The van der Waals surface area contributed by atoms with Crippen molar-refractivity contribution in [2.75, 3.05) is 0 Å². The van der Waals surface area contributed by atoms with E-state index in [4.69, 9.17) is 0 Å². The number of benzene rings is 1. The third-order valence-corrected chi connectivity index (χ3v) is 2.19. The summed E-state index contributed by atoms with van der Waals surface area (Å²) < 4.78 is 0. The number of carbonyl (C=O) groups excluding carboxylic acids is 2. The van der Waals surface area contributed by atoms with Crippen LogP contribution in [-0.4, -0.2) is 11.6 Å². The van der Waals surface area contributed by atoms with E-state index in [9.17, 15) is 9.59 Å². The molecule has 0 fully saturated rings. The highest BCUT2D eigenvalue weighted by molar-refractivity contribution is 6.46. The predicted octanol–water partition coefficient (Wildman–Crippen LogP) is 3.19. The molecule has 0 heterocycles. The van der Waals surface area contributed by atoms with Gasteiger partial charge in [0, 0.05) is 0 Å². The molecule has 0 spiro atoms. The van der Waals surface area contributed by atoms with Gasteiger partial charge in [-0.2, -0.15) is 0 Å². The molecule has 17 heavy (non-hydrogen) atoms. The highest BCUT2D eigenvalue weighted by Crippen LogP contribution is 2.01. The molecule has 2 heteroatoms. The Morgan fingerprint density at radius 2 is 1.71 bits per heavy atom. The Hall–Kier alpha value is -1.96. The van der Waals surface area contributed by atoms with E-state index in [1.165, 1.54) is 12.2 Å². The summed E-state index contributed by atoms with van der Waals surface area (Å²) >= 11 is 0. The Labute approximate surface area is 102 Å². The molecule has 1 aromatic rings. The first kappa shape index (κ1) is 13.1. The quantitative estimate of drug-likeness (QED) is 0.553. The third-order valence-electron chi connectivity index (χ3n) is 2.19. The summed E-state index contributed by atoms with van der Waals surface area (Å²) in [6.07, 6.45) is 7.83. The number of carbonyl (C=O) groups is 2. The second-order valence-electron chi connectivity index (χ2n) is 3.66. The fourth-order valence-corrected chi connectivity index (χ4v) is 1.26. The first-order chi connectivity index (χ1) is 8.24. The average Bonchev–Trinajstić information content (AvgIpc) is 2.37. The van der Waals surface area contributed by atoms with Gasteiger partial charge in [0.1, 0.15) is 0 Å². The molecule has 0 amide bonds. The molecule has 0 aliphatic carbocycles. The van der Waals surface area contributed by atoms with E-state index in [1.807, 2.05) is 37.3 Å². The van der Waals surface area contributed by atoms with Crippen molar-refractivity contribution in [3.8, 4) is 0 Å². The standard InChI is InChI=1S/C15H16O2/c1-2-3-5-10-14(16)15(17)12-11-13-8-6-4-7-9-13/h4-12H,2-3H2,1H3/b10-5+,12-11+. The van der Waals surface area contributed by atoms with Crippen LogP contribution in [-0.2, 0) is 9.59 Å². The first-order valence-corrected chi connectivity index (χ1v) is 5.72. The minimum absolute atomic E-state index is 0.467. The monoisotopic (exact) mass is 228 g/mol. The lowest BCUT2D eigenvalue weighted by Crippen LogP contribution is -2.06. The van der Waals surface area contributed by atoms with Crippen LogP contribution in [0, 0.1) is 0 Å². The van der Waals surface area contributed by atoms with Gasteiger partial charge in [-0.3, -0.25) is 9.59 Å². The zero-order valence-corrected chi connectivity index (χ0v) is 9.93. The van der Waals surface area contributed by atoms with E-state index in [2.05, 4.69) is 0 Å². The molecule has 0 saturated heterocycles. The van der Waals surface area contributed by atoms with Gasteiger partial charge in [0.05, 0.1) is 0 Å². The largest absolute Gasteiger partial charge is 0.286 e. The van der Waals surface area contributed by atoms with Crippen molar-refractivity contribution in [1.29, 1.82) is 0 Å². The number of ketones is 2. The Morgan fingerprint density at radius 3 is 2.35 bits per heavy atom. The maximum Gasteiger partial charge on any atom is 0.225 e. The van der Waals surface area contributed by atoms with Crippen LogP contribution in [0.3, 0.4) is 0 Å². The van der Waals surface area contributed by atoms with Crippen LogP contribution >= 0.6 is 0 Å². The van der Waals surface area contributed by atoms with Crippen molar-refractivity contribution in [3.63, 3.8) is 0 Å². The van der Waals surface area contributed by atoms with E-state index >= 15 is 0 Å². The topological polar surface area (TPSA) is 34.1 Å². The van der Waals surface area contributed by atoms with Crippen LogP contribution in [0.15, 0.2) is 48.6 Å². The molecule has 0 atom stereocenters. The molecule has 88 valence electrons. The minimum atomic E-state index is -0.485. The normalized spacial score (nSPS) is 11.1. The fraction of sp³-hybridized carbons (Fsp3) is 0.200. The molecule has 2 nitrogen and oxygen atoms in total. The third kappa shape index (κ3) is 5.07. The van der Waals surface area contributed by atoms with Crippen molar-refractivity contribution in [3.05, 3.63) is 54.1 Å². The second kappa shape index (κ2) is 7.34. The summed E-state index contributed by atoms with van der Waals surface area (Å²) in [5.74, 6) is -0.952. The van der Waals surface area contributed by atoms with Gasteiger partial charge in [-0.25, -0.2) is 0 Å². The van der Waals surface area contributed by atoms with E-state index in [0.717, 1.165) is 18.4 Å². The predicted molar refractivity (Wildman–Crippen MR) is 69.5 cm³/mol. The molecule has 0 aromatic heterocycles. The van der Waals surface area contributed by atoms with E-state index < -0.39 is 11.6 Å². The van der Waals surface area contributed by atoms with E-state index in [-0.39, 0.29) is 0 Å². The van der Waals surface area contributed by atoms with Crippen LogP contribution in [0.5, 0.6) is 0 Å². The lowest BCUT2D eigenvalue weighted by atomic mass is 10.1. The maximum atomic E-state index is 11.4. The lowest BCUT2D eigenvalue weighted by molar-refractivity contribution is -0.130. The van der Waals surface area contributed by atoms with Gasteiger partial charge in [0.25, 0.3) is 0 Å². The Kier molecular flexibility index (Phi) is 5.66. The molecule has 0 saturated carbocycles. The molecule has 0 aliphatic rings. The summed E-state index contributed by atoms with van der Waals surface area (Å²) in [5.41, 5.74) is 0.909. The lowest BCUT2D eigenvalue weighted by Gasteiger charge is -1.91. The minimum Gasteiger partial charge on any atom is -0.286 e. The fourth-order valence-electron chi connectivity index (χ4n) is 1.26. The summed E-state index contributed by atoms with van der Waals surface area (Å²) in [6.45, 7) is 2.02. The SMILES string of the molecule is CCC/C=C/C(=O)C(=O)/C=C/c1ccccc1. The molecule has 0 N–H and O–H groups in total. The van der Waals surface area contributed by atoms with Crippen molar-refractivity contribution >= 4 is 17.6 Å². The maximum absolute atomic E-state index is 11.4. The smallest absolute Gasteiger partial charge is 0.225 e. The average molecular weight is 228 g/mol. The van der Waals surface area contributed by atoms with Gasteiger partial charge in [-0.15, -0.1) is 0 Å². The number of hydrogen-bond acceptors (Lipinski definition) is 2. The van der Waals surface area contributed by atoms with E-state index in [0.29, 0.717) is 0 Å². The van der Waals surface area contributed by atoms with Crippen molar-refractivity contribution in [1.82, 2.24) is 0 Å². The van der Waals surface area contributed by atoms with Crippen molar-refractivity contribution in [2.45, 2.75) is 19.8 Å². The van der Waals surface area contributed by atoms with Crippen molar-refractivity contribution < 1.29 is 9.59 Å². The van der Waals surface area contributed by atoms with Crippen LogP contribution in [0.25, 0.3) is 6.08 Å². The molecular formula is C15H16O2. The Balaban J connectivity index is 2.55. The first-order valence-electron chi connectivity index (χ1n) is 5.72. The summed E-state index contributed by atoms with van der Waals surface area (Å²) in [6, 6.07) is 9.42. The summed E-state index contributed by atoms with van der Waals surface area (Å²) in [5, 5.41) is 0. The van der Waals surface area contributed by atoms with Gasteiger partial charge in [-0.05, 0) is 24.1 Å². The Bertz CT molecular complexity index is 427. The van der Waals surface area contributed by atoms with Crippen molar-refractivity contribution in [2.24, 2.45) is 0 Å².